The Bertz CT molecular complexity index is 662. The minimum absolute atomic E-state index is 0.00305. The van der Waals surface area contributed by atoms with E-state index < -0.39 is 5.97 Å². The van der Waals surface area contributed by atoms with Gasteiger partial charge in [-0.05, 0) is 30.8 Å². The van der Waals surface area contributed by atoms with Crippen molar-refractivity contribution in [3.05, 3.63) is 70.1 Å². The molecule has 0 aliphatic carbocycles. The molecule has 1 aromatic heterocycles. The van der Waals surface area contributed by atoms with Crippen LogP contribution in [0.15, 0.2) is 53.5 Å². The molecule has 1 aromatic carbocycles. The number of benzene rings is 1. The van der Waals surface area contributed by atoms with Crippen LogP contribution >= 0.6 is 0 Å². The predicted octanol–water partition coefficient (Wildman–Crippen LogP) is 1.68. The Balaban J connectivity index is 1.90. The lowest BCUT2D eigenvalue weighted by molar-refractivity contribution is 0.0697. The number of carbonyl (C=O) groups is 1. The summed E-state index contributed by atoms with van der Waals surface area (Å²) in [5, 5.41) is 8.85. The van der Waals surface area contributed by atoms with Crippen molar-refractivity contribution in [1.82, 2.24) is 9.47 Å². The van der Waals surface area contributed by atoms with Crippen LogP contribution in [0.5, 0.6) is 0 Å². The summed E-state index contributed by atoms with van der Waals surface area (Å²) in [6.45, 7) is 2.08. The van der Waals surface area contributed by atoms with Gasteiger partial charge in [0.1, 0.15) is 0 Å². The largest absolute Gasteiger partial charge is 0.478 e. The van der Waals surface area contributed by atoms with Crippen molar-refractivity contribution in [3.63, 3.8) is 0 Å². The number of carboxylic acids is 1. The predicted molar refractivity (Wildman–Crippen MR) is 80.4 cm³/mol. The van der Waals surface area contributed by atoms with E-state index in [2.05, 4.69) is 4.90 Å². The van der Waals surface area contributed by atoms with Gasteiger partial charge in [-0.25, -0.2) is 4.79 Å². The van der Waals surface area contributed by atoms with E-state index in [1.807, 2.05) is 25.2 Å². The monoisotopic (exact) mass is 286 g/mol. The summed E-state index contributed by atoms with van der Waals surface area (Å²) in [6, 6.07) is 12.0. The summed E-state index contributed by atoms with van der Waals surface area (Å²) >= 11 is 0. The van der Waals surface area contributed by atoms with Gasteiger partial charge in [-0.1, -0.05) is 18.2 Å². The van der Waals surface area contributed by atoms with Crippen molar-refractivity contribution >= 4 is 5.97 Å². The molecule has 2 aromatic rings. The molecule has 1 heterocycles. The highest BCUT2D eigenvalue weighted by atomic mass is 16.4. The van der Waals surface area contributed by atoms with Gasteiger partial charge in [-0.15, -0.1) is 0 Å². The highest BCUT2D eigenvalue weighted by molar-refractivity contribution is 5.87. The van der Waals surface area contributed by atoms with Crippen molar-refractivity contribution in [2.45, 2.75) is 13.1 Å². The average Bonchev–Trinajstić information content (AvgIpc) is 2.47. The number of aromatic nitrogens is 1. The molecular weight excluding hydrogens is 268 g/mol. The fourth-order valence-corrected chi connectivity index (χ4v) is 2.07. The summed E-state index contributed by atoms with van der Waals surface area (Å²) in [6.07, 6.45) is 1.78. The standard InChI is InChI=1S/C16H18N2O3/c1-17(10-11-18-9-3-2-4-15(18)19)12-13-5-7-14(8-6-13)16(20)21/h2-9H,10-12H2,1H3,(H,20,21). The lowest BCUT2D eigenvalue weighted by Crippen LogP contribution is -2.27. The van der Waals surface area contributed by atoms with Gasteiger partial charge in [0, 0.05) is 31.9 Å². The molecule has 0 unspecified atom stereocenters. The van der Waals surface area contributed by atoms with E-state index in [-0.39, 0.29) is 11.1 Å². The summed E-state index contributed by atoms with van der Waals surface area (Å²) in [5.74, 6) is -0.918. The third kappa shape index (κ3) is 4.29. The second-order valence-electron chi connectivity index (χ2n) is 4.97. The molecule has 5 heteroatoms. The zero-order valence-corrected chi connectivity index (χ0v) is 11.9. The molecule has 0 saturated carbocycles. The van der Waals surface area contributed by atoms with E-state index in [4.69, 9.17) is 5.11 Å². The van der Waals surface area contributed by atoms with Crippen molar-refractivity contribution in [3.8, 4) is 0 Å². The molecular formula is C16H18N2O3. The van der Waals surface area contributed by atoms with E-state index in [0.29, 0.717) is 13.1 Å². The first-order valence-electron chi connectivity index (χ1n) is 6.72. The molecule has 0 spiro atoms. The summed E-state index contributed by atoms with van der Waals surface area (Å²) in [4.78, 5) is 24.5. The Morgan fingerprint density at radius 3 is 2.52 bits per heavy atom. The molecule has 110 valence electrons. The maximum atomic E-state index is 11.6. The zero-order valence-electron chi connectivity index (χ0n) is 11.9. The van der Waals surface area contributed by atoms with Crippen LogP contribution in [0.3, 0.4) is 0 Å². The molecule has 0 saturated heterocycles. The average molecular weight is 286 g/mol. The van der Waals surface area contributed by atoms with Crippen LogP contribution in [0.4, 0.5) is 0 Å². The second kappa shape index (κ2) is 6.85. The number of rotatable bonds is 6. The van der Waals surface area contributed by atoms with Crippen molar-refractivity contribution in [1.29, 1.82) is 0 Å². The lowest BCUT2D eigenvalue weighted by Gasteiger charge is -2.17. The summed E-state index contributed by atoms with van der Waals surface area (Å²) in [5.41, 5.74) is 1.33. The van der Waals surface area contributed by atoms with Crippen LogP contribution in [0.2, 0.25) is 0 Å². The maximum Gasteiger partial charge on any atom is 0.335 e. The first kappa shape index (κ1) is 15.0. The van der Waals surface area contributed by atoms with E-state index in [0.717, 1.165) is 12.1 Å². The Morgan fingerprint density at radius 1 is 1.19 bits per heavy atom. The second-order valence-corrected chi connectivity index (χ2v) is 4.97. The van der Waals surface area contributed by atoms with Gasteiger partial charge in [0.25, 0.3) is 5.56 Å². The molecule has 5 nitrogen and oxygen atoms in total. The Morgan fingerprint density at radius 2 is 1.90 bits per heavy atom. The highest BCUT2D eigenvalue weighted by Gasteiger charge is 2.04. The van der Waals surface area contributed by atoms with Gasteiger partial charge in [0.2, 0.25) is 0 Å². The fourth-order valence-electron chi connectivity index (χ4n) is 2.07. The number of pyridine rings is 1. The highest BCUT2D eigenvalue weighted by Crippen LogP contribution is 2.06. The van der Waals surface area contributed by atoms with Gasteiger partial charge in [0.05, 0.1) is 5.56 Å². The normalized spacial score (nSPS) is 10.8. The van der Waals surface area contributed by atoms with E-state index in [1.54, 1.807) is 35.0 Å². The Hall–Kier alpha value is -2.40. The van der Waals surface area contributed by atoms with Gasteiger partial charge in [0.15, 0.2) is 0 Å². The van der Waals surface area contributed by atoms with E-state index in [9.17, 15) is 9.59 Å². The summed E-state index contributed by atoms with van der Waals surface area (Å²) in [7, 11) is 1.97. The van der Waals surface area contributed by atoms with Crippen LogP contribution in [0.25, 0.3) is 0 Å². The number of likely N-dealkylation sites (N-methyl/N-ethyl adjacent to an activating group) is 1. The van der Waals surface area contributed by atoms with Crippen molar-refractivity contribution < 1.29 is 9.90 Å². The Labute approximate surface area is 123 Å². The first-order chi connectivity index (χ1) is 10.1. The van der Waals surface area contributed by atoms with Crippen LogP contribution in [0.1, 0.15) is 15.9 Å². The first-order valence-corrected chi connectivity index (χ1v) is 6.72. The quantitative estimate of drug-likeness (QED) is 0.877. The number of carboxylic acid groups (broad SMARTS) is 1. The number of hydrogen-bond acceptors (Lipinski definition) is 3. The van der Waals surface area contributed by atoms with E-state index in [1.165, 1.54) is 0 Å². The smallest absolute Gasteiger partial charge is 0.335 e. The third-order valence-electron chi connectivity index (χ3n) is 3.28. The molecule has 0 bridgehead atoms. The van der Waals surface area contributed by atoms with Crippen LogP contribution in [0, 0.1) is 0 Å². The van der Waals surface area contributed by atoms with Crippen molar-refractivity contribution in [2.24, 2.45) is 0 Å². The topological polar surface area (TPSA) is 62.5 Å². The number of nitrogens with zero attached hydrogens (tertiary/aromatic N) is 2. The van der Waals surface area contributed by atoms with Gasteiger partial charge in [-0.3, -0.25) is 4.79 Å². The third-order valence-corrected chi connectivity index (χ3v) is 3.28. The fraction of sp³-hybridized carbons (Fsp3) is 0.250. The molecule has 0 atom stereocenters. The van der Waals surface area contributed by atoms with Crippen molar-refractivity contribution in [2.75, 3.05) is 13.6 Å². The van der Waals surface area contributed by atoms with Crippen LogP contribution in [-0.4, -0.2) is 34.1 Å². The lowest BCUT2D eigenvalue weighted by atomic mass is 10.1. The van der Waals surface area contributed by atoms with Gasteiger partial charge < -0.3 is 14.6 Å². The van der Waals surface area contributed by atoms with Gasteiger partial charge in [-0.2, -0.15) is 0 Å². The SMILES string of the molecule is CN(CCn1ccccc1=O)Cc1ccc(C(=O)O)cc1. The minimum atomic E-state index is -0.918. The Kier molecular flexibility index (Phi) is 4.90. The molecule has 2 rings (SSSR count). The molecule has 0 radical (unpaired) electrons. The number of hydrogen-bond donors (Lipinski definition) is 1. The molecule has 0 aliphatic rings. The molecule has 0 amide bonds. The van der Waals surface area contributed by atoms with Gasteiger partial charge >= 0.3 is 5.97 Å². The minimum Gasteiger partial charge on any atom is -0.478 e. The maximum absolute atomic E-state index is 11.6. The van der Waals surface area contributed by atoms with Crippen LogP contribution < -0.4 is 5.56 Å². The number of aromatic carboxylic acids is 1. The molecule has 1 N–H and O–H groups in total. The van der Waals surface area contributed by atoms with E-state index >= 15 is 0 Å². The zero-order chi connectivity index (χ0) is 15.2. The summed E-state index contributed by atoms with van der Waals surface area (Å²) < 4.78 is 1.67. The van der Waals surface area contributed by atoms with Crippen LogP contribution in [-0.2, 0) is 13.1 Å². The molecule has 0 aliphatic heterocycles. The molecule has 21 heavy (non-hydrogen) atoms. The molecule has 0 fully saturated rings.